The summed E-state index contributed by atoms with van der Waals surface area (Å²) in [7, 11) is -17.7. The number of imidazole rings is 2. The Balaban J connectivity index is 1.53. The van der Waals surface area contributed by atoms with Crippen LogP contribution in [-0.2, 0) is 0 Å². The molecule has 0 saturated carbocycles. The molecule has 0 aliphatic rings. The van der Waals surface area contributed by atoms with Gasteiger partial charge in [-0.3, -0.25) is 0 Å². The lowest BCUT2D eigenvalue weighted by molar-refractivity contribution is 0.358. The molecule has 16 nitrogen and oxygen atoms in total. The molecule has 3 aromatic carbocycles. The fraction of sp³-hybridized carbons (Fsp3) is 0. The lowest BCUT2D eigenvalue weighted by atomic mass is 10.1. The van der Waals surface area contributed by atoms with E-state index >= 15 is 0 Å². The summed E-state index contributed by atoms with van der Waals surface area (Å²) in [6.45, 7) is 0. The molecule has 0 spiro atoms. The van der Waals surface area contributed by atoms with Crippen molar-refractivity contribution in [1.82, 2.24) is 19.9 Å². The smallest absolute Gasteiger partial charge is 0.138 e. The summed E-state index contributed by atoms with van der Waals surface area (Å²) in [5.41, 5.74) is 1.62. The average molecular weight is 639 g/mol. The van der Waals surface area contributed by atoms with Crippen molar-refractivity contribution in [3.8, 4) is 22.8 Å². The molecule has 0 unspecified atom stereocenters. The second-order valence-electron chi connectivity index (χ2n) is 8.46. The molecule has 5 rings (SSSR count). The zero-order chi connectivity index (χ0) is 29.4. The number of hydrogen-bond acceptors (Lipinski definition) is 14. The molecule has 20 heteroatoms. The van der Waals surface area contributed by atoms with Crippen LogP contribution in [-0.4, -0.2) is 74.6 Å². The Hall–Kier alpha value is -2.48. The van der Waals surface area contributed by atoms with Gasteiger partial charge < -0.3 is 64.6 Å². The largest absolute Gasteiger partial charge is 0.338 e. The van der Waals surface area contributed by atoms with Gasteiger partial charge >= 0.3 is 0 Å². The highest BCUT2D eigenvalue weighted by Gasteiger charge is 2.32. The molecule has 0 fully saturated rings. The second-order valence-corrected chi connectivity index (χ2v) is 14.4. The van der Waals surface area contributed by atoms with E-state index < -0.39 is 63.1 Å². The first-order valence-electron chi connectivity index (χ1n) is 10.5. The number of fused-ring (bicyclic) bond motifs is 2. The zero-order valence-electron chi connectivity index (χ0n) is 19.5. The second kappa shape index (κ2) is 9.53. The van der Waals surface area contributed by atoms with Crippen LogP contribution in [0.1, 0.15) is 0 Å². The molecule has 0 amide bonds. The molecule has 0 bridgehead atoms. The van der Waals surface area contributed by atoms with E-state index in [4.69, 9.17) is 0 Å². The molecule has 2 heterocycles. The predicted molar refractivity (Wildman–Crippen MR) is 152 cm³/mol. The number of benzene rings is 3. The van der Waals surface area contributed by atoms with Crippen molar-refractivity contribution < 1.29 is 54.6 Å². The SMILES string of the molecule is OS(O)(O)c1cc2nc(-c3ccc(-c4nc5cc(S(O)(O)O)c(S(O)(O)O)cc5[nH]4)cc3)[nH]c2cc1S(O)(O)O. The van der Waals surface area contributed by atoms with Crippen molar-refractivity contribution in [3.05, 3.63) is 48.5 Å². The third-order valence-corrected chi connectivity index (χ3v) is 9.68. The third kappa shape index (κ3) is 5.53. The van der Waals surface area contributed by atoms with Crippen molar-refractivity contribution in [1.29, 1.82) is 0 Å². The minimum absolute atomic E-state index is 0.115. The van der Waals surface area contributed by atoms with E-state index in [1.807, 2.05) is 0 Å². The Bertz CT molecular complexity index is 1520. The molecule has 218 valence electrons. The number of hydrogen-bond donors (Lipinski definition) is 14. The fourth-order valence-electron chi connectivity index (χ4n) is 3.95. The van der Waals surface area contributed by atoms with E-state index in [-0.39, 0.29) is 33.7 Å². The van der Waals surface area contributed by atoms with Crippen LogP contribution in [0.3, 0.4) is 0 Å². The standard InChI is InChI=1S/C20H22N4O12S4/c25-37(26,27)15-5-11-12(6-16(15)38(28,29)30)22-19(21-11)9-1-2-10(4-3-9)20-23-13-7-17(39(31,32)33)18(40(34,35)36)8-14(13)24-20/h1-8,25-36H,(H,21,22)(H,23,24). The van der Waals surface area contributed by atoms with E-state index in [1.54, 1.807) is 24.3 Å². The van der Waals surface area contributed by atoms with E-state index in [1.165, 1.54) is 0 Å². The predicted octanol–water partition coefficient (Wildman–Crippen LogP) is 7.10. The molecule has 0 aliphatic heterocycles. The Kier molecular flexibility index (Phi) is 6.92. The molecular formula is C20H22N4O12S4. The Labute approximate surface area is 230 Å². The molecule has 0 saturated heterocycles. The third-order valence-electron chi connectivity index (χ3n) is 5.71. The fourth-order valence-corrected chi connectivity index (χ4v) is 7.70. The van der Waals surface area contributed by atoms with Crippen LogP contribution >= 0.6 is 43.5 Å². The summed E-state index contributed by atoms with van der Waals surface area (Å²) >= 11 is 0. The number of aromatic amines is 2. The molecule has 14 N–H and O–H groups in total. The molecule has 2 aromatic heterocycles. The Morgan fingerprint density at radius 3 is 0.975 bits per heavy atom. The summed E-state index contributed by atoms with van der Waals surface area (Å²) in [5.74, 6) is 0.516. The number of aromatic nitrogens is 4. The zero-order valence-corrected chi connectivity index (χ0v) is 22.8. The summed E-state index contributed by atoms with van der Waals surface area (Å²) in [6, 6.07) is 10.5. The summed E-state index contributed by atoms with van der Waals surface area (Å²) < 4.78 is 116. The van der Waals surface area contributed by atoms with Crippen LogP contribution in [0.4, 0.5) is 0 Å². The van der Waals surface area contributed by atoms with Gasteiger partial charge in [0.15, 0.2) is 0 Å². The summed E-state index contributed by atoms with van der Waals surface area (Å²) in [5, 5.41) is 0. The van der Waals surface area contributed by atoms with Gasteiger partial charge in [-0.05, 0) is 24.3 Å². The minimum atomic E-state index is -4.44. The van der Waals surface area contributed by atoms with Gasteiger partial charge in [0.25, 0.3) is 0 Å². The maximum Gasteiger partial charge on any atom is 0.138 e. The molecule has 40 heavy (non-hydrogen) atoms. The molecule has 0 atom stereocenters. The number of nitrogens with zero attached hydrogens (tertiary/aromatic N) is 2. The maximum atomic E-state index is 9.68. The van der Waals surface area contributed by atoms with E-state index in [0.29, 0.717) is 11.1 Å². The van der Waals surface area contributed by atoms with Crippen molar-refractivity contribution in [2.45, 2.75) is 19.6 Å². The average Bonchev–Trinajstić information content (AvgIpc) is 3.44. The van der Waals surface area contributed by atoms with Crippen LogP contribution in [0.5, 0.6) is 0 Å². The molecular weight excluding hydrogens is 617 g/mol. The minimum Gasteiger partial charge on any atom is -0.338 e. The van der Waals surface area contributed by atoms with Crippen molar-refractivity contribution in [2.75, 3.05) is 0 Å². The van der Waals surface area contributed by atoms with Crippen LogP contribution in [0.15, 0.2) is 68.1 Å². The van der Waals surface area contributed by atoms with E-state index in [2.05, 4.69) is 19.9 Å². The highest BCUT2D eigenvalue weighted by Crippen LogP contribution is 2.58. The quantitative estimate of drug-likeness (QED) is 0.0882. The van der Waals surface area contributed by atoms with Crippen LogP contribution in [0, 0.1) is 0 Å². The highest BCUT2D eigenvalue weighted by molar-refractivity contribution is 8.22. The first-order chi connectivity index (χ1) is 18.3. The lowest BCUT2D eigenvalue weighted by Crippen LogP contribution is -2.05. The lowest BCUT2D eigenvalue weighted by Gasteiger charge is -2.27. The van der Waals surface area contributed by atoms with Gasteiger partial charge in [-0.25, -0.2) is 9.97 Å². The summed E-state index contributed by atoms with van der Waals surface area (Å²) in [4.78, 5) is 11.6. The molecule has 0 radical (unpaired) electrons. The number of rotatable bonds is 6. The van der Waals surface area contributed by atoms with Crippen LogP contribution in [0.25, 0.3) is 44.8 Å². The number of nitrogens with one attached hydrogen (secondary N) is 2. The van der Waals surface area contributed by atoms with E-state index in [0.717, 1.165) is 24.3 Å². The van der Waals surface area contributed by atoms with E-state index in [9.17, 15) is 54.6 Å². The normalized spacial score (nSPS) is 15.1. The first kappa shape index (κ1) is 29.0. The van der Waals surface area contributed by atoms with Gasteiger partial charge in [0.1, 0.15) is 55.1 Å². The summed E-state index contributed by atoms with van der Waals surface area (Å²) in [6.07, 6.45) is 0. The first-order valence-corrected chi connectivity index (χ1v) is 16.5. The van der Waals surface area contributed by atoms with Gasteiger partial charge in [-0.15, -0.1) is 0 Å². The topological polar surface area (TPSA) is 300 Å². The van der Waals surface area contributed by atoms with Crippen LogP contribution < -0.4 is 0 Å². The van der Waals surface area contributed by atoms with Crippen molar-refractivity contribution >= 4 is 65.5 Å². The van der Waals surface area contributed by atoms with Gasteiger partial charge in [-0.1, -0.05) is 24.3 Å². The number of H-pyrrole nitrogens is 2. The monoisotopic (exact) mass is 638 g/mol. The highest BCUT2D eigenvalue weighted by atomic mass is 32.3. The maximum absolute atomic E-state index is 9.68. The van der Waals surface area contributed by atoms with Crippen molar-refractivity contribution in [3.63, 3.8) is 0 Å². The Morgan fingerprint density at radius 2 is 0.700 bits per heavy atom. The van der Waals surface area contributed by atoms with Crippen LogP contribution in [0.2, 0.25) is 0 Å². The van der Waals surface area contributed by atoms with Crippen molar-refractivity contribution in [2.24, 2.45) is 0 Å². The van der Waals surface area contributed by atoms with Gasteiger partial charge in [0.2, 0.25) is 0 Å². The van der Waals surface area contributed by atoms with Gasteiger partial charge in [0, 0.05) is 11.1 Å². The molecule has 5 aromatic rings. The van der Waals surface area contributed by atoms with Gasteiger partial charge in [-0.2, -0.15) is 0 Å². The Morgan fingerprint density at radius 1 is 0.425 bits per heavy atom. The molecule has 0 aliphatic carbocycles. The van der Waals surface area contributed by atoms with Gasteiger partial charge in [0.05, 0.1) is 41.6 Å².